The lowest BCUT2D eigenvalue weighted by atomic mass is 10.1. The molecular formula is C21H15ClN2O3S2. The number of halogens is 1. The summed E-state index contributed by atoms with van der Waals surface area (Å²) in [5, 5.41) is 10.7. The summed E-state index contributed by atoms with van der Waals surface area (Å²) < 4.78 is 2.37. The number of rotatable bonds is 5. The summed E-state index contributed by atoms with van der Waals surface area (Å²) >= 11 is 12.3. The van der Waals surface area contributed by atoms with Crippen molar-refractivity contribution in [3.05, 3.63) is 75.8 Å². The fourth-order valence-electron chi connectivity index (χ4n) is 3.22. The third-order valence-electron chi connectivity index (χ3n) is 4.54. The zero-order valence-electron chi connectivity index (χ0n) is 15.0. The summed E-state index contributed by atoms with van der Waals surface area (Å²) in [5.74, 6) is -1.47. The summed E-state index contributed by atoms with van der Waals surface area (Å²) in [6.07, 6.45) is 3.77. The zero-order chi connectivity index (χ0) is 20.5. The molecule has 146 valence electrons. The molecule has 1 amide bonds. The Balaban J connectivity index is 1.70. The third-order valence-corrected chi connectivity index (χ3v) is 6.17. The predicted octanol–water partition coefficient (Wildman–Crippen LogP) is 4.63. The van der Waals surface area contributed by atoms with Crippen molar-refractivity contribution >= 4 is 68.8 Å². The van der Waals surface area contributed by atoms with E-state index in [2.05, 4.69) is 4.57 Å². The number of carboxylic acids is 1. The number of thiocarbonyl (C=S) groups is 1. The molecular weight excluding hydrogens is 428 g/mol. The number of amides is 1. The topological polar surface area (TPSA) is 62.5 Å². The molecule has 0 atom stereocenters. The summed E-state index contributed by atoms with van der Waals surface area (Å²) in [7, 11) is 0. The van der Waals surface area contributed by atoms with Crippen molar-refractivity contribution in [2.45, 2.75) is 6.54 Å². The monoisotopic (exact) mass is 442 g/mol. The number of aromatic nitrogens is 1. The van der Waals surface area contributed by atoms with E-state index in [9.17, 15) is 9.59 Å². The molecule has 5 nitrogen and oxygen atoms in total. The molecule has 1 fully saturated rings. The lowest BCUT2D eigenvalue weighted by Gasteiger charge is -2.10. The van der Waals surface area contributed by atoms with Crippen LogP contribution in [0.2, 0.25) is 5.02 Å². The van der Waals surface area contributed by atoms with Gasteiger partial charge in [0.15, 0.2) is 0 Å². The van der Waals surface area contributed by atoms with Crippen LogP contribution in [0, 0.1) is 0 Å². The maximum Gasteiger partial charge on any atom is 0.323 e. The van der Waals surface area contributed by atoms with E-state index < -0.39 is 12.5 Å². The molecule has 8 heteroatoms. The lowest BCUT2D eigenvalue weighted by Crippen LogP contribution is -2.33. The molecule has 0 radical (unpaired) electrons. The number of hydrogen-bond donors (Lipinski definition) is 1. The molecule has 0 bridgehead atoms. The van der Waals surface area contributed by atoms with Crippen molar-refractivity contribution in [2.24, 2.45) is 0 Å². The first kappa shape index (κ1) is 19.7. The Morgan fingerprint density at radius 3 is 2.62 bits per heavy atom. The van der Waals surface area contributed by atoms with Crippen LogP contribution in [0.15, 0.2) is 59.6 Å². The number of carbonyl (C=O) groups excluding carboxylic acids is 1. The quantitative estimate of drug-likeness (QED) is 0.461. The highest BCUT2D eigenvalue weighted by Crippen LogP contribution is 2.34. The van der Waals surface area contributed by atoms with Crippen LogP contribution in [0.4, 0.5) is 0 Å². The van der Waals surface area contributed by atoms with E-state index >= 15 is 0 Å². The van der Waals surface area contributed by atoms with Crippen LogP contribution in [0.1, 0.15) is 11.1 Å². The fraction of sp³-hybridized carbons (Fsp3) is 0.0952. The van der Waals surface area contributed by atoms with Crippen molar-refractivity contribution in [1.29, 1.82) is 0 Å². The van der Waals surface area contributed by atoms with E-state index in [1.165, 1.54) is 0 Å². The first-order valence-corrected chi connectivity index (χ1v) is 10.3. The highest BCUT2D eigenvalue weighted by atomic mass is 35.5. The van der Waals surface area contributed by atoms with Gasteiger partial charge in [0, 0.05) is 34.2 Å². The molecule has 3 aromatic rings. The van der Waals surface area contributed by atoms with E-state index in [1.807, 2.05) is 54.7 Å². The van der Waals surface area contributed by atoms with E-state index in [4.69, 9.17) is 28.9 Å². The van der Waals surface area contributed by atoms with E-state index in [0.717, 1.165) is 38.7 Å². The van der Waals surface area contributed by atoms with E-state index in [-0.39, 0.29) is 10.2 Å². The zero-order valence-corrected chi connectivity index (χ0v) is 17.4. The Labute approximate surface area is 181 Å². The van der Waals surface area contributed by atoms with Crippen LogP contribution in [0.25, 0.3) is 17.0 Å². The van der Waals surface area contributed by atoms with E-state index in [0.29, 0.717) is 16.5 Å². The van der Waals surface area contributed by atoms with Gasteiger partial charge in [0.1, 0.15) is 10.9 Å². The highest BCUT2D eigenvalue weighted by molar-refractivity contribution is 8.26. The average molecular weight is 443 g/mol. The SMILES string of the molecule is O=C(O)CN1C(=O)C(=Cc2cn(Cc3ccc(Cl)cc3)c3ccccc23)SC1=S. The second-order valence-electron chi connectivity index (χ2n) is 6.52. The summed E-state index contributed by atoms with van der Waals surface area (Å²) in [6, 6.07) is 15.6. The minimum atomic E-state index is -1.10. The van der Waals surface area contributed by atoms with Crippen molar-refractivity contribution in [2.75, 3.05) is 6.54 Å². The Morgan fingerprint density at radius 2 is 1.90 bits per heavy atom. The second kappa shape index (κ2) is 8.02. The molecule has 1 aliphatic rings. The Kier molecular flexibility index (Phi) is 5.45. The van der Waals surface area contributed by atoms with Crippen LogP contribution < -0.4 is 0 Å². The van der Waals surface area contributed by atoms with Gasteiger partial charge in [-0.05, 0) is 29.8 Å². The molecule has 2 aromatic carbocycles. The average Bonchev–Trinajstić information content (AvgIpc) is 3.16. The smallest absolute Gasteiger partial charge is 0.323 e. The van der Waals surface area contributed by atoms with Crippen LogP contribution in [-0.4, -0.2) is 37.3 Å². The number of thioether (sulfide) groups is 1. The number of carbonyl (C=O) groups is 2. The van der Waals surface area contributed by atoms with Crippen molar-refractivity contribution in [3.63, 3.8) is 0 Å². The van der Waals surface area contributed by atoms with Gasteiger partial charge in [-0.1, -0.05) is 65.9 Å². The predicted molar refractivity (Wildman–Crippen MR) is 120 cm³/mol. The van der Waals surface area contributed by atoms with Gasteiger partial charge in [-0.2, -0.15) is 0 Å². The first-order valence-electron chi connectivity index (χ1n) is 8.72. The molecule has 4 rings (SSSR count). The molecule has 1 N–H and O–H groups in total. The number of aliphatic carboxylic acids is 1. The molecule has 2 heterocycles. The summed E-state index contributed by atoms with van der Waals surface area (Å²) in [5.41, 5.74) is 3.02. The van der Waals surface area contributed by atoms with Crippen LogP contribution >= 0.6 is 35.6 Å². The Hall–Kier alpha value is -2.61. The normalized spacial score (nSPS) is 15.6. The standard InChI is InChI=1S/C21H15ClN2O3S2/c22-15-7-5-13(6-8-15)10-23-11-14(16-3-1-2-4-17(16)23)9-18-20(27)24(12-19(25)26)21(28)29-18/h1-9,11H,10,12H2,(H,25,26). The lowest BCUT2D eigenvalue weighted by molar-refractivity contribution is -0.140. The minimum absolute atomic E-state index is 0.258. The number of hydrogen-bond acceptors (Lipinski definition) is 4. The molecule has 29 heavy (non-hydrogen) atoms. The minimum Gasteiger partial charge on any atom is -0.480 e. The van der Waals surface area contributed by atoms with Crippen LogP contribution in [0.3, 0.4) is 0 Å². The number of benzene rings is 2. The number of carboxylic acid groups (broad SMARTS) is 1. The van der Waals surface area contributed by atoms with Gasteiger partial charge in [0.2, 0.25) is 0 Å². The molecule has 1 aliphatic heterocycles. The third kappa shape index (κ3) is 4.07. The van der Waals surface area contributed by atoms with Gasteiger partial charge in [-0.25, -0.2) is 0 Å². The molecule has 0 saturated carbocycles. The van der Waals surface area contributed by atoms with Crippen LogP contribution in [-0.2, 0) is 16.1 Å². The maximum absolute atomic E-state index is 12.6. The molecule has 1 saturated heterocycles. The van der Waals surface area contributed by atoms with Gasteiger partial charge >= 0.3 is 5.97 Å². The fourth-order valence-corrected chi connectivity index (χ4v) is 4.59. The second-order valence-corrected chi connectivity index (χ2v) is 8.63. The summed E-state index contributed by atoms with van der Waals surface area (Å²) in [6.45, 7) is 0.228. The van der Waals surface area contributed by atoms with Crippen LogP contribution in [0.5, 0.6) is 0 Å². The largest absolute Gasteiger partial charge is 0.480 e. The Morgan fingerprint density at radius 1 is 1.17 bits per heavy atom. The number of fused-ring (bicyclic) bond motifs is 1. The molecule has 0 spiro atoms. The number of nitrogens with zero attached hydrogens (tertiary/aromatic N) is 2. The maximum atomic E-state index is 12.6. The molecule has 1 aromatic heterocycles. The van der Waals surface area contributed by atoms with Crippen molar-refractivity contribution in [3.8, 4) is 0 Å². The van der Waals surface area contributed by atoms with Crippen molar-refractivity contribution in [1.82, 2.24) is 9.47 Å². The summed E-state index contributed by atoms with van der Waals surface area (Å²) in [4.78, 5) is 25.1. The van der Waals surface area contributed by atoms with Gasteiger partial charge in [-0.3, -0.25) is 14.5 Å². The van der Waals surface area contributed by atoms with Gasteiger partial charge in [-0.15, -0.1) is 0 Å². The first-order chi connectivity index (χ1) is 13.9. The highest BCUT2D eigenvalue weighted by Gasteiger charge is 2.33. The molecule has 0 unspecified atom stereocenters. The van der Waals surface area contributed by atoms with Gasteiger partial charge in [0.25, 0.3) is 5.91 Å². The van der Waals surface area contributed by atoms with Crippen molar-refractivity contribution < 1.29 is 14.7 Å². The number of para-hydroxylation sites is 1. The van der Waals surface area contributed by atoms with Gasteiger partial charge in [0.05, 0.1) is 4.91 Å². The van der Waals surface area contributed by atoms with E-state index in [1.54, 1.807) is 6.08 Å². The molecule has 0 aliphatic carbocycles. The Bertz CT molecular complexity index is 1170. The van der Waals surface area contributed by atoms with Gasteiger partial charge < -0.3 is 9.67 Å².